The Kier molecular flexibility index (Phi) is 1.23. The average Bonchev–Trinajstić information content (AvgIpc) is 2.33. The Morgan fingerprint density at radius 1 is 1.67 bits per heavy atom. The van der Waals surface area contributed by atoms with E-state index in [1.165, 1.54) is 11.6 Å². The molecular formula is C6H8N2S. The second kappa shape index (κ2) is 2.06. The lowest BCUT2D eigenvalue weighted by Gasteiger charge is -2.11. The second-order valence-corrected chi connectivity index (χ2v) is 3.18. The van der Waals surface area contributed by atoms with Gasteiger partial charge in [0.1, 0.15) is 5.82 Å². The third-order valence-corrected chi connectivity index (χ3v) is 2.46. The molecular weight excluding hydrogens is 132 g/mol. The molecule has 2 heterocycles. The molecule has 0 atom stereocenters. The van der Waals surface area contributed by atoms with Gasteiger partial charge in [-0.15, -0.1) is 11.8 Å². The minimum Gasteiger partial charge on any atom is -0.325 e. The van der Waals surface area contributed by atoms with E-state index in [4.69, 9.17) is 0 Å². The van der Waals surface area contributed by atoms with E-state index in [0.29, 0.717) is 0 Å². The van der Waals surface area contributed by atoms with Crippen molar-refractivity contribution in [3.8, 4) is 0 Å². The van der Waals surface area contributed by atoms with Crippen molar-refractivity contribution in [2.75, 3.05) is 5.75 Å². The van der Waals surface area contributed by atoms with Crippen molar-refractivity contribution in [1.82, 2.24) is 9.55 Å². The molecule has 0 spiro atoms. The number of aryl methyl sites for hydroxylation is 1. The van der Waals surface area contributed by atoms with E-state index >= 15 is 0 Å². The van der Waals surface area contributed by atoms with Gasteiger partial charge in [-0.1, -0.05) is 0 Å². The van der Waals surface area contributed by atoms with Crippen molar-refractivity contribution < 1.29 is 0 Å². The molecule has 9 heavy (non-hydrogen) atoms. The van der Waals surface area contributed by atoms with Crippen LogP contribution in [0.1, 0.15) is 5.82 Å². The Bertz CT molecular complexity index is 186. The van der Waals surface area contributed by atoms with Crippen molar-refractivity contribution in [3.63, 3.8) is 0 Å². The van der Waals surface area contributed by atoms with Gasteiger partial charge < -0.3 is 4.57 Å². The Morgan fingerprint density at radius 2 is 2.67 bits per heavy atom. The lowest BCUT2D eigenvalue weighted by molar-refractivity contribution is 0.774. The molecule has 0 saturated carbocycles. The molecule has 0 amide bonds. The highest BCUT2D eigenvalue weighted by atomic mass is 32.2. The summed E-state index contributed by atoms with van der Waals surface area (Å²) in [7, 11) is 0. The van der Waals surface area contributed by atoms with Gasteiger partial charge in [0.05, 0.1) is 5.88 Å². The van der Waals surface area contributed by atoms with Crippen molar-refractivity contribution in [1.29, 1.82) is 0 Å². The lowest BCUT2D eigenvalue weighted by atomic mass is 10.4. The standard InChI is InChI=1S/C6H8N2S/c1-4-9-5-8-3-2-7-6(1)8/h2-3H,1,4-5H2. The summed E-state index contributed by atoms with van der Waals surface area (Å²) in [5.74, 6) is 3.57. The van der Waals surface area contributed by atoms with E-state index < -0.39 is 0 Å². The highest BCUT2D eigenvalue weighted by Gasteiger charge is 2.06. The van der Waals surface area contributed by atoms with Crippen LogP contribution in [-0.4, -0.2) is 15.3 Å². The van der Waals surface area contributed by atoms with Crippen molar-refractivity contribution >= 4 is 11.8 Å². The summed E-state index contributed by atoms with van der Waals surface area (Å²) in [6, 6.07) is 0. The normalized spacial score (nSPS) is 17.3. The molecule has 0 bridgehead atoms. The number of nitrogens with zero attached hydrogens (tertiary/aromatic N) is 2. The predicted octanol–water partition coefficient (Wildman–Crippen LogP) is 1.13. The molecule has 2 rings (SSSR count). The zero-order chi connectivity index (χ0) is 6.10. The van der Waals surface area contributed by atoms with Gasteiger partial charge in [0.2, 0.25) is 0 Å². The number of hydrogen-bond donors (Lipinski definition) is 0. The third-order valence-electron chi connectivity index (χ3n) is 1.50. The van der Waals surface area contributed by atoms with Crippen LogP contribution in [0.3, 0.4) is 0 Å². The molecule has 0 saturated heterocycles. The monoisotopic (exact) mass is 140 g/mol. The van der Waals surface area contributed by atoms with Crippen LogP contribution in [0.2, 0.25) is 0 Å². The molecule has 1 aliphatic rings. The van der Waals surface area contributed by atoms with E-state index in [1.807, 2.05) is 24.2 Å². The summed E-state index contributed by atoms with van der Waals surface area (Å²) in [4.78, 5) is 4.21. The molecule has 0 N–H and O–H groups in total. The number of rotatable bonds is 0. The summed E-state index contributed by atoms with van der Waals surface area (Å²) in [5.41, 5.74) is 0. The van der Waals surface area contributed by atoms with Gasteiger partial charge in [-0.3, -0.25) is 0 Å². The maximum atomic E-state index is 4.21. The molecule has 1 aromatic rings. The number of thioether (sulfide) groups is 1. The van der Waals surface area contributed by atoms with E-state index in [0.717, 1.165) is 12.3 Å². The molecule has 0 unspecified atom stereocenters. The fourth-order valence-electron chi connectivity index (χ4n) is 1.01. The lowest BCUT2D eigenvalue weighted by Crippen LogP contribution is -2.08. The molecule has 48 valence electrons. The molecule has 1 aliphatic heterocycles. The highest BCUT2D eigenvalue weighted by molar-refractivity contribution is 7.98. The highest BCUT2D eigenvalue weighted by Crippen LogP contribution is 2.15. The van der Waals surface area contributed by atoms with E-state index in [1.54, 1.807) is 0 Å². The topological polar surface area (TPSA) is 17.8 Å². The number of aromatic nitrogens is 2. The van der Waals surface area contributed by atoms with Crippen LogP contribution in [0.4, 0.5) is 0 Å². The maximum Gasteiger partial charge on any atom is 0.110 e. The quantitative estimate of drug-likeness (QED) is 0.537. The fraction of sp³-hybridized carbons (Fsp3) is 0.500. The van der Waals surface area contributed by atoms with Gasteiger partial charge in [-0.2, -0.15) is 0 Å². The van der Waals surface area contributed by atoms with Gasteiger partial charge in [0, 0.05) is 24.6 Å². The third kappa shape index (κ3) is 0.852. The molecule has 0 aromatic carbocycles. The fourth-order valence-corrected chi connectivity index (χ4v) is 1.90. The molecule has 3 heteroatoms. The summed E-state index contributed by atoms with van der Waals surface area (Å²) in [6.45, 7) is 0. The van der Waals surface area contributed by atoms with Crippen molar-refractivity contribution in [2.24, 2.45) is 0 Å². The average molecular weight is 140 g/mol. The van der Waals surface area contributed by atoms with Gasteiger partial charge in [0.25, 0.3) is 0 Å². The second-order valence-electron chi connectivity index (χ2n) is 2.10. The maximum absolute atomic E-state index is 4.21. The van der Waals surface area contributed by atoms with Crippen LogP contribution >= 0.6 is 11.8 Å². The van der Waals surface area contributed by atoms with Crippen LogP contribution < -0.4 is 0 Å². The SMILES string of the molecule is c1cn2c(n1)CCSC2. The van der Waals surface area contributed by atoms with Crippen LogP contribution in [0.15, 0.2) is 12.4 Å². The summed E-state index contributed by atoms with van der Waals surface area (Å²) >= 11 is 1.97. The van der Waals surface area contributed by atoms with E-state index in [2.05, 4.69) is 9.55 Å². The van der Waals surface area contributed by atoms with Crippen LogP contribution in [0, 0.1) is 0 Å². The largest absolute Gasteiger partial charge is 0.325 e. The van der Waals surface area contributed by atoms with Gasteiger partial charge in [-0.05, 0) is 0 Å². The number of fused-ring (bicyclic) bond motifs is 1. The summed E-state index contributed by atoms with van der Waals surface area (Å²) in [6.07, 6.45) is 5.06. The first-order chi connectivity index (χ1) is 4.47. The van der Waals surface area contributed by atoms with Gasteiger partial charge in [-0.25, -0.2) is 4.98 Å². The van der Waals surface area contributed by atoms with Crippen LogP contribution in [-0.2, 0) is 12.3 Å². The zero-order valence-electron chi connectivity index (χ0n) is 5.08. The van der Waals surface area contributed by atoms with Crippen LogP contribution in [0.5, 0.6) is 0 Å². The zero-order valence-corrected chi connectivity index (χ0v) is 5.90. The Morgan fingerprint density at radius 3 is 3.56 bits per heavy atom. The van der Waals surface area contributed by atoms with E-state index in [-0.39, 0.29) is 0 Å². The van der Waals surface area contributed by atoms with Crippen LogP contribution in [0.25, 0.3) is 0 Å². The molecule has 0 fully saturated rings. The molecule has 0 aliphatic carbocycles. The first-order valence-corrected chi connectivity index (χ1v) is 4.20. The summed E-state index contributed by atoms with van der Waals surface area (Å²) < 4.78 is 2.20. The molecule has 0 radical (unpaired) electrons. The minimum absolute atomic E-state index is 1.09. The number of hydrogen-bond acceptors (Lipinski definition) is 2. The first kappa shape index (κ1) is 5.35. The Balaban J connectivity index is 2.39. The van der Waals surface area contributed by atoms with Crippen molar-refractivity contribution in [3.05, 3.63) is 18.2 Å². The van der Waals surface area contributed by atoms with Gasteiger partial charge in [0.15, 0.2) is 0 Å². The minimum atomic E-state index is 1.09. The van der Waals surface area contributed by atoms with Crippen molar-refractivity contribution in [2.45, 2.75) is 12.3 Å². The predicted molar refractivity (Wildman–Crippen MR) is 38.4 cm³/mol. The number of imidazole rings is 1. The Hall–Kier alpha value is -0.440. The smallest absolute Gasteiger partial charge is 0.110 e. The van der Waals surface area contributed by atoms with E-state index in [9.17, 15) is 0 Å². The Labute approximate surface area is 58.3 Å². The molecule has 2 nitrogen and oxygen atoms in total. The first-order valence-electron chi connectivity index (χ1n) is 3.04. The molecule has 1 aromatic heterocycles. The summed E-state index contributed by atoms with van der Waals surface area (Å²) in [5, 5.41) is 0. The van der Waals surface area contributed by atoms with Gasteiger partial charge >= 0.3 is 0 Å².